The van der Waals surface area contributed by atoms with Gasteiger partial charge in [-0.15, -0.1) is 0 Å². The van der Waals surface area contributed by atoms with E-state index in [0.717, 1.165) is 23.5 Å². The van der Waals surface area contributed by atoms with Crippen LogP contribution in [0.15, 0.2) is 48.5 Å². The second-order valence-electron chi connectivity index (χ2n) is 7.21. The van der Waals surface area contributed by atoms with Crippen LogP contribution in [0.3, 0.4) is 0 Å². The van der Waals surface area contributed by atoms with Crippen molar-refractivity contribution in [2.45, 2.75) is 46.3 Å². The monoisotopic (exact) mass is 332 g/mol. The highest BCUT2D eigenvalue weighted by Crippen LogP contribution is 2.40. The first kappa shape index (κ1) is 15.9. The molecule has 1 aliphatic rings. The molecular formula is C21H24N4. The molecule has 0 radical (unpaired) electrons. The molecule has 0 N–H and O–H groups in total. The number of hydrogen-bond donors (Lipinski definition) is 0. The zero-order valence-electron chi connectivity index (χ0n) is 15.3. The number of benzene rings is 2. The average molecular weight is 332 g/mol. The summed E-state index contributed by atoms with van der Waals surface area (Å²) in [7, 11) is 0. The maximum Gasteiger partial charge on any atom is 0.123 e. The predicted octanol–water partition coefficient (Wildman–Crippen LogP) is 4.92. The Morgan fingerprint density at radius 3 is 2.04 bits per heavy atom. The molecule has 0 amide bonds. The molecular weight excluding hydrogens is 308 g/mol. The molecule has 0 atom stereocenters. The minimum atomic E-state index is 0.230. The molecule has 3 aromatic rings. The molecule has 0 spiro atoms. The molecule has 4 rings (SSSR count). The van der Waals surface area contributed by atoms with E-state index in [1.165, 1.54) is 16.8 Å². The molecule has 1 aliphatic heterocycles. The lowest BCUT2D eigenvalue weighted by molar-refractivity contribution is 0.468. The highest BCUT2D eigenvalue weighted by molar-refractivity contribution is 5.87. The zero-order chi connectivity index (χ0) is 17.6. The smallest absolute Gasteiger partial charge is 0.123 e. The van der Waals surface area contributed by atoms with Crippen molar-refractivity contribution >= 4 is 5.69 Å². The Bertz CT molecular complexity index is 908. The molecule has 0 saturated carbocycles. The second kappa shape index (κ2) is 6.03. The maximum atomic E-state index is 4.86. The van der Waals surface area contributed by atoms with Gasteiger partial charge in [-0.25, -0.2) is 0 Å². The summed E-state index contributed by atoms with van der Waals surface area (Å²) in [5, 5.41) is 9.71. The van der Waals surface area contributed by atoms with E-state index in [1.807, 2.05) is 4.80 Å². The summed E-state index contributed by atoms with van der Waals surface area (Å²) in [4.78, 5) is 4.29. The lowest BCUT2D eigenvalue weighted by Crippen LogP contribution is -2.31. The fourth-order valence-electron chi connectivity index (χ4n) is 3.46. The van der Waals surface area contributed by atoms with Crippen LogP contribution in [-0.4, -0.2) is 21.0 Å². The van der Waals surface area contributed by atoms with Gasteiger partial charge in [-0.2, -0.15) is 15.0 Å². The van der Waals surface area contributed by atoms with Gasteiger partial charge in [0, 0.05) is 29.4 Å². The van der Waals surface area contributed by atoms with Crippen molar-refractivity contribution in [3.8, 4) is 22.5 Å². The van der Waals surface area contributed by atoms with Crippen molar-refractivity contribution in [1.82, 2.24) is 15.0 Å². The van der Waals surface area contributed by atoms with Crippen molar-refractivity contribution in [3.05, 3.63) is 54.1 Å². The highest BCUT2D eigenvalue weighted by Gasteiger charge is 2.26. The topological polar surface area (TPSA) is 34.0 Å². The number of fused-ring (bicyclic) bond motifs is 5. The molecule has 0 aliphatic carbocycles. The van der Waals surface area contributed by atoms with Crippen molar-refractivity contribution < 1.29 is 0 Å². The van der Waals surface area contributed by atoms with Gasteiger partial charge in [0.1, 0.15) is 11.4 Å². The first-order valence-corrected chi connectivity index (χ1v) is 8.97. The molecule has 0 bridgehead atoms. The average Bonchev–Trinajstić information content (AvgIpc) is 3.03. The van der Waals surface area contributed by atoms with Gasteiger partial charge < -0.3 is 4.90 Å². The Labute approximate surface area is 149 Å². The summed E-state index contributed by atoms with van der Waals surface area (Å²) >= 11 is 0. The Kier molecular flexibility index (Phi) is 3.83. The van der Waals surface area contributed by atoms with E-state index in [1.54, 1.807) is 0 Å². The van der Waals surface area contributed by atoms with Crippen molar-refractivity contribution in [1.29, 1.82) is 0 Å². The fraction of sp³-hybridized carbons (Fsp3) is 0.333. The molecule has 0 saturated heterocycles. The normalized spacial score (nSPS) is 13.3. The summed E-state index contributed by atoms with van der Waals surface area (Å²) in [5.74, 6) is 0. The zero-order valence-corrected chi connectivity index (χ0v) is 15.3. The third-order valence-corrected chi connectivity index (χ3v) is 4.80. The summed E-state index contributed by atoms with van der Waals surface area (Å²) < 4.78 is 0. The van der Waals surface area contributed by atoms with Crippen LogP contribution in [0, 0.1) is 0 Å². The van der Waals surface area contributed by atoms with E-state index in [0.29, 0.717) is 6.04 Å². The SMILES string of the molecule is CC(C)N1Cc2ccccc2-c2nn(C(C)C)nc2-c2ccccc21. The fourth-order valence-corrected chi connectivity index (χ4v) is 3.46. The molecule has 0 fully saturated rings. The summed E-state index contributed by atoms with van der Waals surface area (Å²) in [5.41, 5.74) is 6.83. The lowest BCUT2D eigenvalue weighted by Gasteiger charge is -2.32. The van der Waals surface area contributed by atoms with Gasteiger partial charge in [-0.3, -0.25) is 0 Å². The molecule has 1 aromatic heterocycles. The van der Waals surface area contributed by atoms with Gasteiger partial charge >= 0.3 is 0 Å². The molecule has 128 valence electrons. The van der Waals surface area contributed by atoms with Crippen LogP contribution in [0.5, 0.6) is 0 Å². The third kappa shape index (κ3) is 2.62. The standard InChI is InChI=1S/C21H24N4/c1-14(2)24-13-16-9-5-6-10-17(16)20-21(23-25(22-20)15(3)4)18-11-7-8-12-19(18)24/h5-12,14-15H,13H2,1-4H3. The second-order valence-corrected chi connectivity index (χ2v) is 7.21. The Morgan fingerprint density at radius 2 is 1.36 bits per heavy atom. The molecule has 0 unspecified atom stereocenters. The minimum Gasteiger partial charge on any atom is -0.364 e. The number of aromatic nitrogens is 3. The van der Waals surface area contributed by atoms with Crippen LogP contribution in [0.25, 0.3) is 22.5 Å². The van der Waals surface area contributed by atoms with E-state index in [-0.39, 0.29) is 6.04 Å². The highest BCUT2D eigenvalue weighted by atomic mass is 15.5. The number of anilines is 1. The Morgan fingerprint density at radius 1 is 0.760 bits per heavy atom. The molecule has 2 aromatic carbocycles. The molecule has 4 heteroatoms. The van der Waals surface area contributed by atoms with Gasteiger partial charge in [0.05, 0.1) is 6.04 Å². The van der Waals surface area contributed by atoms with E-state index in [4.69, 9.17) is 10.2 Å². The number of para-hydroxylation sites is 1. The lowest BCUT2D eigenvalue weighted by atomic mass is 9.95. The summed E-state index contributed by atoms with van der Waals surface area (Å²) in [6.07, 6.45) is 0. The van der Waals surface area contributed by atoms with Crippen LogP contribution < -0.4 is 4.90 Å². The van der Waals surface area contributed by atoms with Gasteiger partial charge in [0.25, 0.3) is 0 Å². The largest absolute Gasteiger partial charge is 0.364 e. The van der Waals surface area contributed by atoms with Crippen LogP contribution in [0.4, 0.5) is 5.69 Å². The van der Waals surface area contributed by atoms with Gasteiger partial charge in [-0.1, -0.05) is 42.5 Å². The number of hydrogen-bond acceptors (Lipinski definition) is 3. The van der Waals surface area contributed by atoms with E-state index in [9.17, 15) is 0 Å². The van der Waals surface area contributed by atoms with Crippen LogP contribution in [0.2, 0.25) is 0 Å². The van der Waals surface area contributed by atoms with Crippen LogP contribution >= 0.6 is 0 Å². The number of nitrogens with zero attached hydrogens (tertiary/aromatic N) is 4. The molecule has 25 heavy (non-hydrogen) atoms. The van der Waals surface area contributed by atoms with E-state index < -0.39 is 0 Å². The van der Waals surface area contributed by atoms with E-state index >= 15 is 0 Å². The van der Waals surface area contributed by atoms with Crippen LogP contribution in [-0.2, 0) is 6.54 Å². The number of rotatable bonds is 2. The van der Waals surface area contributed by atoms with E-state index in [2.05, 4.69) is 81.1 Å². The summed E-state index contributed by atoms with van der Waals surface area (Å²) in [6.45, 7) is 9.59. The van der Waals surface area contributed by atoms with Crippen LogP contribution in [0.1, 0.15) is 39.3 Å². The third-order valence-electron chi connectivity index (χ3n) is 4.80. The first-order chi connectivity index (χ1) is 12.1. The first-order valence-electron chi connectivity index (χ1n) is 8.97. The Balaban J connectivity index is 2.06. The molecule has 4 nitrogen and oxygen atoms in total. The van der Waals surface area contributed by atoms with Gasteiger partial charge in [0.15, 0.2) is 0 Å². The quantitative estimate of drug-likeness (QED) is 0.668. The van der Waals surface area contributed by atoms with Gasteiger partial charge in [0.2, 0.25) is 0 Å². The summed E-state index contributed by atoms with van der Waals surface area (Å²) in [6, 6.07) is 17.7. The van der Waals surface area contributed by atoms with Gasteiger partial charge in [-0.05, 0) is 39.3 Å². The van der Waals surface area contributed by atoms with Crippen molar-refractivity contribution in [3.63, 3.8) is 0 Å². The Hall–Kier alpha value is -2.62. The molecule has 2 heterocycles. The minimum absolute atomic E-state index is 0.230. The maximum absolute atomic E-state index is 4.86. The predicted molar refractivity (Wildman–Crippen MR) is 103 cm³/mol. The van der Waals surface area contributed by atoms with Crippen molar-refractivity contribution in [2.24, 2.45) is 0 Å². The van der Waals surface area contributed by atoms with Crippen molar-refractivity contribution in [2.75, 3.05) is 4.90 Å².